The molecule has 0 unspecified atom stereocenters. The molecule has 0 heterocycles. The molecule has 0 saturated heterocycles. The van der Waals surface area contributed by atoms with Crippen molar-refractivity contribution >= 4 is 5.97 Å². The van der Waals surface area contributed by atoms with Crippen molar-refractivity contribution in [2.24, 2.45) is 0 Å². The van der Waals surface area contributed by atoms with Crippen molar-refractivity contribution in [3.05, 3.63) is 48.0 Å². The second kappa shape index (κ2) is 7.69. The third kappa shape index (κ3) is 5.35. The molecule has 0 N–H and O–H groups in total. The first-order valence-electron chi connectivity index (χ1n) is 5.70. The first-order chi connectivity index (χ1) is 7.83. The van der Waals surface area contributed by atoms with Gasteiger partial charge in [-0.1, -0.05) is 56.2 Å². The van der Waals surface area contributed by atoms with Gasteiger partial charge in [-0.3, -0.25) is 0 Å². The van der Waals surface area contributed by atoms with Crippen molar-refractivity contribution in [2.45, 2.75) is 32.8 Å². The molecule has 0 bridgehead atoms. The molecule has 2 nitrogen and oxygen atoms in total. The van der Waals surface area contributed by atoms with Crippen LogP contribution in [0.5, 0.6) is 0 Å². The Balaban J connectivity index is 2.23. The van der Waals surface area contributed by atoms with E-state index in [1.54, 1.807) is 0 Å². The van der Waals surface area contributed by atoms with Gasteiger partial charge < -0.3 is 4.74 Å². The lowest BCUT2D eigenvalue weighted by Crippen LogP contribution is -2.00. The molecule has 0 spiro atoms. The molecular weight excluding hydrogens is 200 g/mol. The van der Waals surface area contributed by atoms with Gasteiger partial charge in [0.25, 0.3) is 0 Å². The number of unbranched alkanes of at least 4 members (excludes halogenated alkanes) is 2. The molecule has 2 heteroatoms. The summed E-state index contributed by atoms with van der Waals surface area (Å²) >= 11 is 0. The van der Waals surface area contributed by atoms with E-state index in [0.29, 0.717) is 6.61 Å². The topological polar surface area (TPSA) is 26.3 Å². The van der Waals surface area contributed by atoms with Crippen molar-refractivity contribution in [2.75, 3.05) is 0 Å². The molecule has 0 saturated carbocycles. The molecule has 0 aromatic heterocycles. The fraction of sp³-hybridized carbons (Fsp3) is 0.357. The predicted octanol–water partition coefficient (Wildman–Crippen LogP) is 3.48. The normalized spacial score (nSPS) is 10.6. The number of rotatable bonds is 6. The Labute approximate surface area is 96.9 Å². The van der Waals surface area contributed by atoms with Gasteiger partial charge in [0.05, 0.1) is 0 Å². The summed E-state index contributed by atoms with van der Waals surface area (Å²) in [4.78, 5) is 11.3. The minimum atomic E-state index is -0.264. The van der Waals surface area contributed by atoms with E-state index < -0.39 is 0 Å². The van der Waals surface area contributed by atoms with Crippen LogP contribution in [0.4, 0.5) is 0 Å². The highest BCUT2D eigenvalue weighted by Gasteiger charge is 1.97. The lowest BCUT2D eigenvalue weighted by molar-refractivity contribution is -0.139. The van der Waals surface area contributed by atoms with Gasteiger partial charge in [-0.2, -0.15) is 0 Å². The number of hydrogen-bond acceptors (Lipinski definition) is 2. The van der Waals surface area contributed by atoms with Crippen LogP contribution in [0, 0.1) is 0 Å². The second-order valence-electron chi connectivity index (χ2n) is 3.64. The molecule has 0 aliphatic carbocycles. The van der Waals surface area contributed by atoms with Gasteiger partial charge in [-0.25, -0.2) is 4.79 Å². The van der Waals surface area contributed by atoms with Gasteiger partial charge in [0.2, 0.25) is 0 Å². The zero-order chi connectivity index (χ0) is 11.6. The van der Waals surface area contributed by atoms with Crippen molar-refractivity contribution in [3.8, 4) is 0 Å². The Bertz CT molecular complexity index is 328. The minimum absolute atomic E-state index is 0.264. The van der Waals surface area contributed by atoms with E-state index in [-0.39, 0.29) is 5.97 Å². The fourth-order valence-electron chi connectivity index (χ4n) is 1.28. The summed E-state index contributed by atoms with van der Waals surface area (Å²) in [5.41, 5.74) is 1.01. The van der Waals surface area contributed by atoms with Crippen LogP contribution in [-0.2, 0) is 16.1 Å². The lowest BCUT2D eigenvalue weighted by atomic mass is 10.2. The van der Waals surface area contributed by atoms with Crippen LogP contribution in [0.3, 0.4) is 0 Å². The van der Waals surface area contributed by atoms with E-state index in [2.05, 4.69) is 6.92 Å². The molecular formula is C14H18O2. The second-order valence-corrected chi connectivity index (χ2v) is 3.64. The smallest absolute Gasteiger partial charge is 0.330 e. The molecule has 1 aromatic carbocycles. The van der Waals surface area contributed by atoms with Crippen molar-refractivity contribution in [3.63, 3.8) is 0 Å². The number of carbonyl (C=O) groups is 1. The standard InChI is InChI=1S/C14H18O2/c1-2-3-4-8-11-14(15)16-12-13-9-6-5-7-10-13/h5-11H,2-4,12H2,1H3/b11-8-. The highest BCUT2D eigenvalue weighted by molar-refractivity contribution is 5.81. The summed E-state index contributed by atoms with van der Waals surface area (Å²) < 4.78 is 5.08. The van der Waals surface area contributed by atoms with Crippen LogP contribution in [-0.4, -0.2) is 5.97 Å². The monoisotopic (exact) mass is 218 g/mol. The third-order valence-electron chi connectivity index (χ3n) is 2.20. The Morgan fingerprint density at radius 3 is 2.75 bits per heavy atom. The molecule has 0 aliphatic heterocycles. The van der Waals surface area contributed by atoms with E-state index >= 15 is 0 Å². The largest absolute Gasteiger partial charge is 0.458 e. The van der Waals surface area contributed by atoms with E-state index in [0.717, 1.165) is 24.8 Å². The molecule has 0 aliphatic rings. The average Bonchev–Trinajstić information content (AvgIpc) is 2.33. The minimum Gasteiger partial charge on any atom is -0.458 e. The quantitative estimate of drug-likeness (QED) is 0.415. The maximum Gasteiger partial charge on any atom is 0.330 e. The van der Waals surface area contributed by atoms with Crippen molar-refractivity contribution < 1.29 is 9.53 Å². The maximum atomic E-state index is 11.3. The summed E-state index contributed by atoms with van der Waals surface area (Å²) in [7, 11) is 0. The molecule has 0 amide bonds. The molecule has 0 fully saturated rings. The number of benzene rings is 1. The SMILES string of the molecule is CCCC/C=C\C(=O)OCc1ccccc1. The van der Waals surface area contributed by atoms with Crippen LogP contribution in [0.2, 0.25) is 0 Å². The highest BCUT2D eigenvalue weighted by atomic mass is 16.5. The Hall–Kier alpha value is -1.57. The van der Waals surface area contributed by atoms with Crippen molar-refractivity contribution in [1.82, 2.24) is 0 Å². The maximum absolute atomic E-state index is 11.3. The molecule has 16 heavy (non-hydrogen) atoms. The van der Waals surface area contributed by atoms with Gasteiger partial charge in [0, 0.05) is 6.08 Å². The van der Waals surface area contributed by atoms with E-state index in [1.165, 1.54) is 6.08 Å². The van der Waals surface area contributed by atoms with Gasteiger partial charge in [0.1, 0.15) is 6.61 Å². The number of carbonyl (C=O) groups excluding carboxylic acids is 1. The predicted molar refractivity (Wildman–Crippen MR) is 64.9 cm³/mol. The van der Waals surface area contributed by atoms with E-state index in [1.807, 2.05) is 36.4 Å². The summed E-state index contributed by atoms with van der Waals surface area (Å²) in [6, 6.07) is 9.68. The van der Waals surface area contributed by atoms with Crippen LogP contribution in [0.15, 0.2) is 42.5 Å². The van der Waals surface area contributed by atoms with Crippen molar-refractivity contribution in [1.29, 1.82) is 0 Å². The molecule has 86 valence electrons. The van der Waals surface area contributed by atoms with E-state index in [9.17, 15) is 4.79 Å². The zero-order valence-corrected chi connectivity index (χ0v) is 9.69. The Kier molecular flexibility index (Phi) is 6.00. The molecule has 1 aromatic rings. The average molecular weight is 218 g/mol. The summed E-state index contributed by atoms with van der Waals surface area (Å²) in [5.74, 6) is -0.264. The van der Waals surface area contributed by atoms with Crippen LogP contribution < -0.4 is 0 Å². The fourth-order valence-corrected chi connectivity index (χ4v) is 1.28. The van der Waals surface area contributed by atoms with Gasteiger partial charge >= 0.3 is 5.97 Å². The Morgan fingerprint density at radius 1 is 1.31 bits per heavy atom. The lowest BCUT2D eigenvalue weighted by Gasteiger charge is -2.01. The summed E-state index contributed by atoms with van der Waals surface area (Å²) in [5, 5.41) is 0. The third-order valence-corrected chi connectivity index (χ3v) is 2.20. The van der Waals surface area contributed by atoms with Gasteiger partial charge in [-0.15, -0.1) is 0 Å². The molecule has 0 atom stereocenters. The summed E-state index contributed by atoms with van der Waals surface area (Å²) in [6.45, 7) is 2.47. The summed E-state index contributed by atoms with van der Waals surface area (Å²) in [6.07, 6.45) is 6.58. The zero-order valence-electron chi connectivity index (χ0n) is 9.69. The van der Waals surface area contributed by atoms with Gasteiger partial charge in [0.15, 0.2) is 0 Å². The highest BCUT2D eigenvalue weighted by Crippen LogP contribution is 2.01. The first-order valence-corrected chi connectivity index (χ1v) is 5.70. The molecule has 1 rings (SSSR count). The van der Waals surface area contributed by atoms with E-state index in [4.69, 9.17) is 4.74 Å². The van der Waals surface area contributed by atoms with Crippen LogP contribution in [0.1, 0.15) is 31.7 Å². The van der Waals surface area contributed by atoms with Gasteiger partial charge in [-0.05, 0) is 12.0 Å². The number of ether oxygens (including phenoxy) is 1. The van der Waals surface area contributed by atoms with Crippen LogP contribution in [0.25, 0.3) is 0 Å². The first kappa shape index (κ1) is 12.5. The Morgan fingerprint density at radius 2 is 2.06 bits per heavy atom. The van der Waals surface area contributed by atoms with Crippen LogP contribution >= 0.6 is 0 Å². The molecule has 0 radical (unpaired) electrons. The number of hydrogen-bond donors (Lipinski definition) is 0. The number of esters is 1. The number of allylic oxidation sites excluding steroid dienone is 1.